The highest BCUT2D eigenvalue weighted by atomic mass is 16.7. The van der Waals surface area contributed by atoms with Crippen molar-refractivity contribution in [2.75, 3.05) is 32.8 Å². The van der Waals surface area contributed by atoms with E-state index < -0.39 is 24.3 Å². The number of carbonyl (C=O) groups is 3. The van der Waals surface area contributed by atoms with Crippen molar-refractivity contribution < 1.29 is 38.4 Å². The van der Waals surface area contributed by atoms with Gasteiger partial charge < -0.3 is 29.4 Å². The van der Waals surface area contributed by atoms with E-state index >= 15 is 0 Å². The summed E-state index contributed by atoms with van der Waals surface area (Å²) < 4.78 is 24.3. The first-order valence-electron chi connectivity index (χ1n) is 18.2. The van der Waals surface area contributed by atoms with Crippen molar-refractivity contribution in [3.05, 3.63) is 131 Å². The fourth-order valence-electron chi connectivity index (χ4n) is 7.13. The average molecular weight is 720 g/mol. The van der Waals surface area contributed by atoms with E-state index in [4.69, 9.17) is 18.9 Å². The first kappa shape index (κ1) is 36.4. The number of ether oxygens (including phenoxy) is 4. The predicted molar refractivity (Wildman–Crippen MR) is 196 cm³/mol. The number of alkyl carbamates (subject to hydrolysis) is 1. The van der Waals surface area contributed by atoms with Crippen LogP contribution in [0.15, 0.2) is 103 Å². The first-order valence-corrected chi connectivity index (χ1v) is 18.2. The molecule has 2 N–H and O–H groups in total. The lowest BCUT2D eigenvalue weighted by Crippen LogP contribution is -2.47. The highest BCUT2D eigenvalue weighted by Gasteiger charge is 2.41. The number of nitrogens with one attached hydrogen (secondary N) is 1. The quantitative estimate of drug-likeness (QED) is 0.193. The molecule has 11 heteroatoms. The minimum Gasteiger partial charge on any atom is -0.445 e. The third-order valence-corrected chi connectivity index (χ3v) is 10.2. The third-order valence-electron chi connectivity index (χ3n) is 10.2. The molecule has 7 rings (SSSR count). The lowest BCUT2D eigenvalue weighted by Gasteiger charge is -2.43. The normalized spacial score (nSPS) is 23.6. The van der Waals surface area contributed by atoms with Gasteiger partial charge in [0.15, 0.2) is 6.29 Å². The Hall–Kier alpha value is -4.91. The molecule has 3 fully saturated rings. The number of carbonyl (C=O) groups excluding carboxylic acids is 3. The molecule has 0 aromatic heterocycles. The third kappa shape index (κ3) is 8.84. The summed E-state index contributed by atoms with van der Waals surface area (Å²) in [6.07, 6.45) is -1.81. The van der Waals surface area contributed by atoms with Gasteiger partial charge in [-0.25, -0.2) is 4.79 Å². The van der Waals surface area contributed by atoms with Crippen LogP contribution in [0, 0.1) is 5.92 Å². The van der Waals surface area contributed by atoms with E-state index in [1.807, 2.05) is 97.1 Å². The Kier molecular flexibility index (Phi) is 11.6. The SMILES string of the molecule is C[C@@H]1[C@H](CN2CCOCC2)O[C@H](c2cccc(-c3cccc(CN4C(=O)CC(NC(=O)OCc5ccccc5)C4=O)c3)c2)O[C@@H]1c1ccc(CO)cc1. The van der Waals surface area contributed by atoms with Crippen LogP contribution < -0.4 is 5.32 Å². The number of imide groups is 1. The Bertz CT molecular complexity index is 1880. The number of aliphatic hydroxyl groups is 1. The van der Waals surface area contributed by atoms with Gasteiger partial charge in [0.1, 0.15) is 12.6 Å². The summed E-state index contributed by atoms with van der Waals surface area (Å²) in [6, 6.07) is 31.9. The molecular formula is C42H45N3O8. The van der Waals surface area contributed by atoms with Crippen molar-refractivity contribution in [3.63, 3.8) is 0 Å². The molecule has 0 radical (unpaired) electrons. The van der Waals surface area contributed by atoms with E-state index in [9.17, 15) is 19.5 Å². The van der Waals surface area contributed by atoms with Gasteiger partial charge in [-0.1, -0.05) is 97.9 Å². The molecule has 3 amide bonds. The van der Waals surface area contributed by atoms with Gasteiger partial charge in [0.25, 0.3) is 5.91 Å². The zero-order valence-corrected chi connectivity index (χ0v) is 29.8. The molecule has 0 bridgehead atoms. The van der Waals surface area contributed by atoms with Crippen LogP contribution in [0.3, 0.4) is 0 Å². The molecule has 3 aliphatic rings. The van der Waals surface area contributed by atoms with Gasteiger partial charge in [0, 0.05) is 31.1 Å². The number of amides is 3. The Labute approximate surface area is 309 Å². The van der Waals surface area contributed by atoms with Gasteiger partial charge in [0.05, 0.1) is 45.0 Å². The zero-order chi connectivity index (χ0) is 36.7. The number of hydrogen-bond acceptors (Lipinski definition) is 9. The Balaban J connectivity index is 1.04. The molecule has 4 aromatic carbocycles. The Morgan fingerprint density at radius 2 is 1.55 bits per heavy atom. The molecule has 11 nitrogen and oxygen atoms in total. The first-order chi connectivity index (χ1) is 25.8. The molecule has 0 saturated carbocycles. The van der Waals surface area contributed by atoms with Gasteiger partial charge in [-0.05, 0) is 45.5 Å². The van der Waals surface area contributed by atoms with E-state index in [1.54, 1.807) is 0 Å². The molecule has 3 saturated heterocycles. The second-order valence-corrected chi connectivity index (χ2v) is 13.8. The van der Waals surface area contributed by atoms with E-state index in [2.05, 4.69) is 23.2 Å². The minimum atomic E-state index is -0.979. The highest BCUT2D eigenvalue weighted by molar-refractivity contribution is 6.06. The number of rotatable bonds is 11. The van der Waals surface area contributed by atoms with Crippen LogP contribution in [0.4, 0.5) is 4.79 Å². The van der Waals surface area contributed by atoms with Crippen LogP contribution in [0.25, 0.3) is 11.1 Å². The lowest BCUT2D eigenvalue weighted by atomic mass is 9.89. The standard InChI is InChI=1S/C42H45N3O8/c1-28-37(25-44-17-19-50-20-18-44)52-41(53-39(28)32-15-13-29(26-46)14-16-32)35-12-6-11-34(22-35)33-10-5-9-31(21-33)24-45-38(47)23-36(40(45)48)43-42(49)51-27-30-7-3-2-4-8-30/h2-16,21-22,28,36-37,39,41,46H,17-20,23-27H2,1H3,(H,43,49)/t28-,36?,37+,39+,41+/m1/s1. The molecule has 5 atom stereocenters. The number of morpholine rings is 1. The van der Waals surface area contributed by atoms with Gasteiger partial charge >= 0.3 is 6.09 Å². The molecule has 0 spiro atoms. The van der Waals surface area contributed by atoms with Crippen LogP contribution in [0.5, 0.6) is 0 Å². The topological polar surface area (TPSA) is 127 Å². The number of benzene rings is 4. The number of nitrogens with zero attached hydrogens (tertiary/aromatic N) is 2. The maximum absolute atomic E-state index is 13.2. The summed E-state index contributed by atoms with van der Waals surface area (Å²) in [7, 11) is 0. The van der Waals surface area contributed by atoms with Crippen LogP contribution in [-0.2, 0) is 48.3 Å². The maximum Gasteiger partial charge on any atom is 0.408 e. The number of aliphatic hydroxyl groups excluding tert-OH is 1. The smallest absolute Gasteiger partial charge is 0.408 e. The summed E-state index contributed by atoms with van der Waals surface area (Å²) in [5.41, 5.74) is 6.19. The van der Waals surface area contributed by atoms with Crippen molar-refractivity contribution in [3.8, 4) is 11.1 Å². The fourth-order valence-corrected chi connectivity index (χ4v) is 7.13. The predicted octanol–water partition coefficient (Wildman–Crippen LogP) is 5.52. The van der Waals surface area contributed by atoms with Crippen molar-refractivity contribution in [1.29, 1.82) is 0 Å². The van der Waals surface area contributed by atoms with Crippen LogP contribution in [0.2, 0.25) is 0 Å². The van der Waals surface area contributed by atoms with Gasteiger partial charge in [-0.2, -0.15) is 0 Å². The molecule has 53 heavy (non-hydrogen) atoms. The van der Waals surface area contributed by atoms with Crippen LogP contribution in [0.1, 0.15) is 53.6 Å². The van der Waals surface area contributed by atoms with Crippen LogP contribution in [-0.4, -0.2) is 77.8 Å². The molecular weight excluding hydrogens is 674 g/mol. The molecule has 3 aliphatic heterocycles. The lowest BCUT2D eigenvalue weighted by molar-refractivity contribution is -0.277. The number of likely N-dealkylation sites (tertiary alicyclic amines) is 1. The minimum absolute atomic E-state index is 0.0187. The fraction of sp³-hybridized carbons (Fsp3) is 0.357. The Morgan fingerprint density at radius 3 is 2.30 bits per heavy atom. The summed E-state index contributed by atoms with van der Waals surface area (Å²) in [5, 5.41) is 12.2. The summed E-state index contributed by atoms with van der Waals surface area (Å²) in [5.74, 6) is -0.754. The highest BCUT2D eigenvalue weighted by Crippen LogP contribution is 2.42. The molecule has 3 heterocycles. The summed E-state index contributed by atoms with van der Waals surface area (Å²) in [4.78, 5) is 42.2. The van der Waals surface area contributed by atoms with Gasteiger partial charge in [0.2, 0.25) is 5.91 Å². The van der Waals surface area contributed by atoms with Gasteiger partial charge in [-0.3, -0.25) is 19.4 Å². The number of hydrogen-bond donors (Lipinski definition) is 2. The van der Waals surface area contributed by atoms with Crippen molar-refractivity contribution in [2.24, 2.45) is 5.92 Å². The van der Waals surface area contributed by atoms with E-state index in [1.165, 1.54) is 4.90 Å². The molecule has 276 valence electrons. The van der Waals surface area contributed by atoms with E-state index in [0.717, 1.165) is 58.6 Å². The van der Waals surface area contributed by atoms with E-state index in [-0.39, 0.29) is 50.2 Å². The summed E-state index contributed by atoms with van der Waals surface area (Å²) in [6.45, 7) is 6.16. The van der Waals surface area contributed by atoms with Crippen molar-refractivity contribution in [2.45, 2.75) is 57.6 Å². The second kappa shape index (κ2) is 16.8. The zero-order valence-electron chi connectivity index (χ0n) is 29.8. The van der Waals surface area contributed by atoms with Crippen LogP contribution >= 0.6 is 0 Å². The molecule has 4 aromatic rings. The second-order valence-electron chi connectivity index (χ2n) is 13.8. The van der Waals surface area contributed by atoms with E-state index in [0.29, 0.717) is 13.2 Å². The molecule has 1 unspecified atom stereocenters. The average Bonchev–Trinajstić information content (AvgIpc) is 3.45. The Morgan fingerprint density at radius 1 is 0.830 bits per heavy atom. The molecule has 0 aliphatic carbocycles. The largest absolute Gasteiger partial charge is 0.445 e. The van der Waals surface area contributed by atoms with Crippen molar-refractivity contribution in [1.82, 2.24) is 15.1 Å². The van der Waals surface area contributed by atoms with Crippen molar-refractivity contribution >= 4 is 17.9 Å². The maximum atomic E-state index is 13.2. The monoisotopic (exact) mass is 719 g/mol. The summed E-state index contributed by atoms with van der Waals surface area (Å²) >= 11 is 0. The van der Waals surface area contributed by atoms with Gasteiger partial charge in [-0.15, -0.1) is 0 Å².